The van der Waals surface area contributed by atoms with Gasteiger partial charge in [0.15, 0.2) is 5.96 Å². The van der Waals surface area contributed by atoms with E-state index in [0.717, 1.165) is 44.5 Å². The van der Waals surface area contributed by atoms with Crippen LogP contribution in [-0.4, -0.2) is 35.7 Å². The first-order valence-corrected chi connectivity index (χ1v) is 13.4. The lowest BCUT2D eigenvalue weighted by atomic mass is 9.86. The number of carbonyl (C=O) groups excluding carboxylic acids is 1. The number of ether oxygens (including phenoxy) is 1. The molecule has 0 heterocycles. The van der Waals surface area contributed by atoms with Crippen molar-refractivity contribution in [2.45, 2.75) is 146 Å². The highest BCUT2D eigenvalue weighted by molar-refractivity contribution is 5.80. The summed E-state index contributed by atoms with van der Waals surface area (Å²) in [5.74, 6) is 1.17. The van der Waals surface area contributed by atoms with E-state index in [1.807, 2.05) is 0 Å². The Morgan fingerprint density at radius 3 is 1.77 bits per heavy atom. The highest BCUT2D eigenvalue weighted by Gasteiger charge is 2.36. The van der Waals surface area contributed by atoms with E-state index in [1.165, 1.54) is 77.0 Å². The number of aliphatic imine (C=N–C) groups is 1. The minimum Gasteiger partial charge on any atom is -0.459 e. The molecule has 0 aromatic heterocycles. The number of guanidine groups is 1. The Labute approximate surface area is 189 Å². The van der Waals surface area contributed by atoms with Crippen LogP contribution < -0.4 is 10.6 Å². The van der Waals surface area contributed by atoms with Crippen molar-refractivity contribution >= 4 is 11.9 Å². The molecule has 0 amide bonds. The van der Waals surface area contributed by atoms with Crippen molar-refractivity contribution in [2.24, 2.45) is 10.9 Å². The zero-order valence-electron chi connectivity index (χ0n) is 19.8. The van der Waals surface area contributed by atoms with Gasteiger partial charge in [-0.15, -0.1) is 0 Å². The fourth-order valence-electron chi connectivity index (χ4n) is 6.17. The van der Waals surface area contributed by atoms with Gasteiger partial charge in [0.2, 0.25) is 0 Å². The summed E-state index contributed by atoms with van der Waals surface area (Å²) in [4.78, 5) is 17.9. The van der Waals surface area contributed by atoms with Gasteiger partial charge in [-0.05, 0) is 84.0 Å². The molecule has 5 heteroatoms. The molecular weight excluding hydrogens is 386 g/mol. The molecule has 0 aromatic rings. The van der Waals surface area contributed by atoms with E-state index in [-0.39, 0.29) is 17.5 Å². The van der Waals surface area contributed by atoms with Crippen LogP contribution in [0.1, 0.15) is 122 Å². The minimum absolute atomic E-state index is 0.0488. The van der Waals surface area contributed by atoms with Crippen molar-refractivity contribution in [1.29, 1.82) is 0 Å². The Morgan fingerprint density at radius 2 is 1.26 bits per heavy atom. The largest absolute Gasteiger partial charge is 0.459 e. The number of nitrogens with one attached hydrogen (secondary N) is 2. The van der Waals surface area contributed by atoms with Crippen molar-refractivity contribution in [1.82, 2.24) is 10.6 Å². The average molecular weight is 432 g/mol. The Balaban J connectivity index is 1.30. The lowest BCUT2D eigenvalue weighted by Crippen LogP contribution is -2.49. The highest BCUT2D eigenvalue weighted by atomic mass is 16.6. The number of rotatable bonds is 5. The van der Waals surface area contributed by atoms with Crippen LogP contribution in [0.25, 0.3) is 0 Å². The molecule has 4 rings (SSSR count). The fourth-order valence-corrected chi connectivity index (χ4v) is 6.17. The average Bonchev–Trinajstić information content (AvgIpc) is 3.21. The van der Waals surface area contributed by atoms with Crippen LogP contribution >= 0.6 is 0 Å². The minimum atomic E-state index is -0.201. The summed E-state index contributed by atoms with van der Waals surface area (Å²) in [6.45, 7) is 2.12. The molecule has 0 bridgehead atoms. The van der Waals surface area contributed by atoms with Gasteiger partial charge in [0.25, 0.3) is 0 Å². The molecule has 0 aromatic carbocycles. The van der Waals surface area contributed by atoms with Gasteiger partial charge >= 0.3 is 5.97 Å². The number of hydrogen-bond donors (Lipinski definition) is 2. The van der Waals surface area contributed by atoms with E-state index in [1.54, 1.807) is 0 Å². The van der Waals surface area contributed by atoms with E-state index in [0.29, 0.717) is 18.1 Å². The number of hydrogen-bond acceptors (Lipinski definition) is 3. The third-order valence-electron chi connectivity index (χ3n) is 8.24. The Hall–Kier alpha value is -1.26. The monoisotopic (exact) mass is 431 g/mol. The summed E-state index contributed by atoms with van der Waals surface area (Å²) in [6.07, 6.45) is 21.4. The van der Waals surface area contributed by atoms with Crippen LogP contribution in [0.5, 0.6) is 0 Å². The van der Waals surface area contributed by atoms with E-state index < -0.39 is 0 Å². The third kappa shape index (κ3) is 6.86. The zero-order chi connectivity index (χ0) is 21.5. The van der Waals surface area contributed by atoms with Crippen molar-refractivity contribution in [3.63, 3.8) is 0 Å². The van der Waals surface area contributed by atoms with E-state index in [4.69, 9.17) is 9.73 Å². The second-order valence-corrected chi connectivity index (χ2v) is 11.0. The summed E-state index contributed by atoms with van der Waals surface area (Å²) in [7, 11) is 0. The zero-order valence-corrected chi connectivity index (χ0v) is 19.8. The molecule has 0 atom stereocenters. The summed E-state index contributed by atoms with van der Waals surface area (Å²) < 4.78 is 5.96. The van der Waals surface area contributed by atoms with Crippen molar-refractivity contribution in [2.75, 3.05) is 0 Å². The molecule has 2 N–H and O–H groups in total. The Bertz CT molecular complexity index is 572. The number of nitrogens with zero attached hydrogens (tertiary/aromatic N) is 1. The summed E-state index contributed by atoms with van der Waals surface area (Å²) in [5, 5.41) is 7.57. The van der Waals surface area contributed by atoms with E-state index >= 15 is 0 Å². The second-order valence-electron chi connectivity index (χ2n) is 11.0. The second kappa shape index (κ2) is 11.0. The molecule has 31 heavy (non-hydrogen) atoms. The lowest BCUT2D eigenvalue weighted by Gasteiger charge is -2.32. The highest BCUT2D eigenvalue weighted by Crippen LogP contribution is 2.35. The molecule has 0 spiro atoms. The maximum atomic E-state index is 12.7. The smallest absolute Gasteiger partial charge is 0.309 e. The quantitative estimate of drug-likeness (QED) is 0.337. The van der Waals surface area contributed by atoms with Crippen LogP contribution in [0, 0.1) is 5.92 Å². The van der Waals surface area contributed by atoms with Gasteiger partial charge in [-0.1, -0.05) is 38.5 Å². The predicted octanol–water partition coefficient (Wildman–Crippen LogP) is 5.62. The molecule has 0 radical (unpaired) electrons. The third-order valence-corrected chi connectivity index (χ3v) is 8.24. The van der Waals surface area contributed by atoms with Crippen molar-refractivity contribution in [3.05, 3.63) is 0 Å². The SMILES string of the molecule is CC1(OC(=O)C2CCC(N=C(NC3CCCCC3)NC3CCCCC3)CC2)CCCC1. The lowest BCUT2D eigenvalue weighted by molar-refractivity contribution is -0.163. The molecular formula is C26H45N3O2. The molecule has 0 unspecified atom stereocenters. The summed E-state index contributed by atoms with van der Waals surface area (Å²) >= 11 is 0. The van der Waals surface area contributed by atoms with Gasteiger partial charge in [0.05, 0.1) is 12.0 Å². The van der Waals surface area contributed by atoms with E-state index in [9.17, 15) is 4.79 Å². The van der Waals surface area contributed by atoms with Crippen LogP contribution in [0.4, 0.5) is 0 Å². The standard InChI is InChI=1S/C26H45N3O2/c1-26(18-8-9-19-26)31-24(30)20-14-16-23(17-15-20)29-25(27-21-10-4-2-5-11-21)28-22-12-6-3-7-13-22/h20-23H,2-19H2,1H3,(H2,27,28,29). The van der Waals surface area contributed by atoms with Gasteiger partial charge in [-0.25, -0.2) is 4.99 Å². The first-order valence-electron chi connectivity index (χ1n) is 13.4. The van der Waals surface area contributed by atoms with Gasteiger partial charge in [0, 0.05) is 12.1 Å². The number of esters is 1. The predicted molar refractivity (Wildman–Crippen MR) is 126 cm³/mol. The van der Waals surface area contributed by atoms with Crippen LogP contribution in [0.3, 0.4) is 0 Å². The van der Waals surface area contributed by atoms with Crippen LogP contribution in [0.15, 0.2) is 4.99 Å². The van der Waals surface area contributed by atoms with Gasteiger partial charge in [-0.3, -0.25) is 4.79 Å². The molecule has 0 aliphatic heterocycles. The maximum Gasteiger partial charge on any atom is 0.309 e. The molecule has 0 saturated heterocycles. The first kappa shape index (κ1) is 22.9. The van der Waals surface area contributed by atoms with Crippen LogP contribution in [-0.2, 0) is 9.53 Å². The van der Waals surface area contributed by atoms with Crippen molar-refractivity contribution < 1.29 is 9.53 Å². The summed E-state index contributed by atoms with van der Waals surface area (Å²) in [6, 6.07) is 1.47. The maximum absolute atomic E-state index is 12.7. The molecule has 4 aliphatic carbocycles. The molecule has 4 aliphatic rings. The number of carbonyl (C=O) groups is 1. The normalized spacial score (nSPS) is 29.8. The fraction of sp³-hybridized carbons (Fsp3) is 0.923. The van der Waals surface area contributed by atoms with E-state index in [2.05, 4.69) is 17.6 Å². The Kier molecular flexibility index (Phi) is 8.17. The van der Waals surface area contributed by atoms with Gasteiger partial charge in [-0.2, -0.15) is 0 Å². The molecule has 176 valence electrons. The molecule has 4 fully saturated rings. The van der Waals surface area contributed by atoms with Gasteiger partial charge < -0.3 is 15.4 Å². The molecule has 4 saturated carbocycles. The van der Waals surface area contributed by atoms with Gasteiger partial charge in [0.1, 0.15) is 5.60 Å². The topological polar surface area (TPSA) is 62.7 Å². The first-order chi connectivity index (χ1) is 15.1. The van der Waals surface area contributed by atoms with Crippen molar-refractivity contribution in [3.8, 4) is 0 Å². The molecule has 5 nitrogen and oxygen atoms in total. The Morgan fingerprint density at radius 1 is 0.742 bits per heavy atom. The van der Waals surface area contributed by atoms with Crippen LogP contribution in [0.2, 0.25) is 0 Å². The summed E-state index contributed by atoms with van der Waals surface area (Å²) in [5.41, 5.74) is -0.201.